The molecule has 0 atom stereocenters. The van der Waals surface area contributed by atoms with Gasteiger partial charge in [0.2, 0.25) is 0 Å². The first-order valence-corrected chi connectivity index (χ1v) is 5.82. The van der Waals surface area contributed by atoms with Crippen LogP contribution in [0, 0.1) is 6.92 Å². The summed E-state index contributed by atoms with van der Waals surface area (Å²) >= 11 is 3.28. The molecule has 5 heteroatoms. The van der Waals surface area contributed by atoms with Crippen LogP contribution in [0.2, 0.25) is 0 Å². The normalized spacial score (nSPS) is 10.5. The summed E-state index contributed by atoms with van der Waals surface area (Å²) in [5, 5.41) is 13.4. The maximum Gasteiger partial charge on any atom is 0.336 e. The third-order valence-electron chi connectivity index (χ3n) is 2.52. The number of rotatable bonds is 2. The number of hydrogen-bond donors (Lipinski definition) is 1. The lowest BCUT2D eigenvalue weighted by molar-refractivity contribution is 0.0697. The van der Waals surface area contributed by atoms with Gasteiger partial charge in [-0.2, -0.15) is 5.10 Å². The molecule has 0 radical (unpaired) electrons. The number of nitrogens with zero attached hydrogens (tertiary/aromatic N) is 2. The van der Waals surface area contributed by atoms with Gasteiger partial charge in [-0.05, 0) is 24.6 Å². The number of hydrogen-bond acceptors (Lipinski definition) is 2. The van der Waals surface area contributed by atoms with Crippen LogP contribution in [-0.2, 0) is 7.05 Å². The Balaban J connectivity index is 2.67. The number of carbonyl (C=O) groups is 1. The highest BCUT2D eigenvalue weighted by Crippen LogP contribution is 2.28. The number of aromatic carboxylic acids is 1. The molecule has 0 spiro atoms. The van der Waals surface area contributed by atoms with Crippen LogP contribution < -0.4 is 0 Å². The third-order valence-corrected chi connectivity index (χ3v) is 3.01. The molecule has 0 aliphatic rings. The fraction of sp³-hybridized carbons (Fsp3) is 0.167. The van der Waals surface area contributed by atoms with Crippen LogP contribution in [0.1, 0.15) is 16.1 Å². The minimum Gasteiger partial charge on any atom is -0.478 e. The fourth-order valence-corrected chi connectivity index (χ4v) is 2.15. The summed E-state index contributed by atoms with van der Waals surface area (Å²) in [6.45, 7) is 1.86. The number of benzene rings is 1. The molecule has 0 bridgehead atoms. The van der Waals surface area contributed by atoms with Crippen molar-refractivity contribution in [3.63, 3.8) is 0 Å². The molecule has 2 rings (SSSR count). The standard InChI is InChI=1S/C12H11BrN2O2/c1-7-11(6-15(2)14-7)9-4-3-8(13)5-10(9)12(16)17/h3-6H,1-2H3,(H,16,17). The van der Waals surface area contributed by atoms with Crippen molar-refractivity contribution in [2.24, 2.45) is 7.05 Å². The van der Waals surface area contributed by atoms with E-state index < -0.39 is 5.97 Å². The van der Waals surface area contributed by atoms with Gasteiger partial charge in [-0.15, -0.1) is 0 Å². The predicted octanol–water partition coefficient (Wildman–Crippen LogP) is 2.86. The highest BCUT2D eigenvalue weighted by atomic mass is 79.9. The van der Waals surface area contributed by atoms with E-state index in [9.17, 15) is 9.90 Å². The zero-order valence-corrected chi connectivity index (χ0v) is 11.0. The molecule has 4 nitrogen and oxygen atoms in total. The van der Waals surface area contributed by atoms with E-state index in [-0.39, 0.29) is 5.56 Å². The van der Waals surface area contributed by atoms with Crippen molar-refractivity contribution in [2.75, 3.05) is 0 Å². The first-order chi connectivity index (χ1) is 7.99. The van der Waals surface area contributed by atoms with Crippen LogP contribution in [0.4, 0.5) is 0 Å². The van der Waals surface area contributed by atoms with Crippen molar-refractivity contribution in [2.45, 2.75) is 6.92 Å². The molecule has 0 saturated carbocycles. The van der Waals surface area contributed by atoms with Crippen LogP contribution in [0.5, 0.6) is 0 Å². The molecule has 2 aromatic rings. The van der Waals surface area contributed by atoms with Crippen LogP contribution in [0.25, 0.3) is 11.1 Å². The van der Waals surface area contributed by atoms with E-state index in [1.54, 1.807) is 16.8 Å². The lowest BCUT2D eigenvalue weighted by Crippen LogP contribution is -1.99. The van der Waals surface area contributed by atoms with Crippen LogP contribution in [0.3, 0.4) is 0 Å². The number of aryl methyl sites for hydroxylation is 2. The first-order valence-electron chi connectivity index (χ1n) is 5.02. The minimum atomic E-state index is -0.940. The van der Waals surface area contributed by atoms with Crippen molar-refractivity contribution < 1.29 is 9.90 Å². The highest BCUT2D eigenvalue weighted by Gasteiger charge is 2.15. The van der Waals surface area contributed by atoms with Crippen molar-refractivity contribution in [3.05, 3.63) is 40.1 Å². The topological polar surface area (TPSA) is 55.1 Å². The van der Waals surface area contributed by atoms with Gasteiger partial charge in [-0.1, -0.05) is 22.0 Å². The Hall–Kier alpha value is -1.62. The summed E-state index contributed by atoms with van der Waals surface area (Å²) in [5.74, 6) is -0.940. The second kappa shape index (κ2) is 4.33. The van der Waals surface area contributed by atoms with Crippen molar-refractivity contribution >= 4 is 21.9 Å². The lowest BCUT2D eigenvalue weighted by atomic mass is 10.0. The highest BCUT2D eigenvalue weighted by molar-refractivity contribution is 9.10. The van der Waals surface area contributed by atoms with Gasteiger partial charge in [-0.25, -0.2) is 4.79 Å². The summed E-state index contributed by atoms with van der Waals surface area (Å²) in [6, 6.07) is 5.22. The molecule has 0 amide bonds. The van der Waals surface area contributed by atoms with Gasteiger partial charge in [0.1, 0.15) is 0 Å². The zero-order valence-electron chi connectivity index (χ0n) is 9.44. The molecule has 0 aliphatic carbocycles. The van der Waals surface area contributed by atoms with Crippen molar-refractivity contribution in [3.8, 4) is 11.1 Å². The molecule has 1 aromatic carbocycles. The Morgan fingerprint density at radius 2 is 2.12 bits per heavy atom. The lowest BCUT2D eigenvalue weighted by Gasteiger charge is -2.05. The number of aromatic nitrogens is 2. The quantitative estimate of drug-likeness (QED) is 0.927. The predicted molar refractivity (Wildman–Crippen MR) is 68.0 cm³/mol. The smallest absolute Gasteiger partial charge is 0.336 e. The Morgan fingerprint density at radius 3 is 2.65 bits per heavy atom. The summed E-state index contributed by atoms with van der Waals surface area (Å²) < 4.78 is 2.43. The molecule has 88 valence electrons. The van der Waals surface area contributed by atoms with E-state index in [0.29, 0.717) is 5.56 Å². The minimum absolute atomic E-state index is 0.274. The Kier molecular flexibility index (Phi) is 3.02. The van der Waals surface area contributed by atoms with Gasteiger partial charge in [-0.3, -0.25) is 4.68 Å². The average Bonchev–Trinajstić information content (AvgIpc) is 2.57. The zero-order chi connectivity index (χ0) is 12.6. The Morgan fingerprint density at radius 1 is 1.41 bits per heavy atom. The summed E-state index contributed by atoms with van der Waals surface area (Å²) in [6.07, 6.45) is 1.82. The van der Waals surface area contributed by atoms with Gasteiger partial charge < -0.3 is 5.11 Å². The molecule has 0 saturated heterocycles. The third kappa shape index (κ3) is 2.24. The molecule has 1 aromatic heterocycles. The van der Waals surface area contributed by atoms with Crippen molar-refractivity contribution in [1.82, 2.24) is 9.78 Å². The SMILES string of the molecule is Cc1nn(C)cc1-c1ccc(Br)cc1C(=O)O. The van der Waals surface area contributed by atoms with Gasteiger partial charge >= 0.3 is 5.97 Å². The van der Waals surface area contributed by atoms with Gasteiger partial charge in [0, 0.05) is 23.3 Å². The summed E-state index contributed by atoms with van der Waals surface area (Å²) in [4.78, 5) is 11.2. The monoisotopic (exact) mass is 294 g/mol. The van der Waals surface area contributed by atoms with Crippen molar-refractivity contribution in [1.29, 1.82) is 0 Å². The molecule has 1 N–H and O–H groups in total. The van der Waals surface area contributed by atoms with E-state index in [2.05, 4.69) is 21.0 Å². The van der Waals surface area contributed by atoms with E-state index in [0.717, 1.165) is 15.7 Å². The molecule has 1 heterocycles. The van der Waals surface area contributed by atoms with E-state index in [1.807, 2.05) is 26.2 Å². The average molecular weight is 295 g/mol. The number of carboxylic acids is 1. The van der Waals surface area contributed by atoms with Gasteiger partial charge in [0.25, 0.3) is 0 Å². The van der Waals surface area contributed by atoms with Gasteiger partial charge in [0.15, 0.2) is 0 Å². The molecule has 0 fully saturated rings. The maximum absolute atomic E-state index is 11.2. The Bertz CT molecular complexity index is 590. The molecule has 0 unspecified atom stereocenters. The Labute approximate surface area is 107 Å². The van der Waals surface area contributed by atoms with Gasteiger partial charge in [0.05, 0.1) is 11.3 Å². The van der Waals surface area contributed by atoms with Crippen LogP contribution in [0.15, 0.2) is 28.9 Å². The number of carboxylic acid groups (broad SMARTS) is 1. The van der Waals surface area contributed by atoms with Crippen LogP contribution >= 0.6 is 15.9 Å². The molecular weight excluding hydrogens is 284 g/mol. The largest absolute Gasteiger partial charge is 0.478 e. The van der Waals surface area contributed by atoms with E-state index >= 15 is 0 Å². The summed E-state index contributed by atoms with van der Waals surface area (Å²) in [5.41, 5.74) is 2.62. The molecule has 0 aliphatic heterocycles. The first kappa shape index (κ1) is 11.9. The van der Waals surface area contributed by atoms with E-state index in [4.69, 9.17) is 0 Å². The second-order valence-corrected chi connectivity index (χ2v) is 4.71. The molecular formula is C12H11BrN2O2. The molecule has 17 heavy (non-hydrogen) atoms. The fourth-order valence-electron chi connectivity index (χ4n) is 1.79. The summed E-state index contributed by atoms with van der Waals surface area (Å²) in [7, 11) is 1.82. The maximum atomic E-state index is 11.2. The van der Waals surface area contributed by atoms with Crippen LogP contribution in [-0.4, -0.2) is 20.9 Å². The second-order valence-electron chi connectivity index (χ2n) is 3.80. The number of halogens is 1. The van der Waals surface area contributed by atoms with E-state index in [1.165, 1.54) is 0 Å².